The summed E-state index contributed by atoms with van der Waals surface area (Å²) in [7, 11) is 3.09. The van der Waals surface area contributed by atoms with E-state index in [9.17, 15) is 4.79 Å². The van der Waals surface area contributed by atoms with Gasteiger partial charge in [-0.25, -0.2) is 0 Å². The van der Waals surface area contributed by atoms with Crippen LogP contribution in [0, 0.1) is 0 Å². The van der Waals surface area contributed by atoms with Crippen molar-refractivity contribution in [2.75, 3.05) is 26.1 Å². The van der Waals surface area contributed by atoms with Crippen molar-refractivity contribution < 1.29 is 14.3 Å². The number of hydrogen-bond acceptors (Lipinski definition) is 5. The van der Waals surface area contributed by atoms with Gasteiger partial charge in [0.1, 0.15) is 0 Å². The van der Waals surface area contributed by atoms with Crippen molar-refractivity contribution in [3.05, 3.63) is 59.9 Å². The number of carbonyl (C=O) groups excluding carboxylic acids is 1. The van der Waals surface area contributed by atoms with Gasteiger partial charge in [-0.1, -0.05) is 30.3 Å². The third kappa shape index (κ3) is 3.45. The van der Waals surface area contributed by atoms with Crippen molar-refractivity contribution in [2.45, 2.75) is 6.42 Å². The SMILES string of the molecule is COc1ccc(Cc2nccc3ccccc23)c(NC(=O)CN)c1OC. The number of benzene rings is 2. The molecular formula is C20H21N3O3. The molecular weight excluding hydrogens is 330 g/mol. The highest BCUT2D eigenvalue weighted by Gasteiger charge is 2.18. The number of ether oxygens (including phenoxy) is 2. The monoisotopic (exact) mass is 351 g/mol. The fourth-order valence-corrected chi connectivity index (χ4v) is 2.95. The quantitative estimate of drug-likeness (QED) is 0.713. The van der Waals surface area contributed by atoms with E-state index in [1.54, 1.807) is 13.3 Å². The lowest BCUT2D eigenvalue weighted by atomic mass is 10.0. The number of methoxy groups -OCH3 is 2. The standard InChI is InChI=1S/C20H21N3O3/c1-25-17-8-7-14(19(20(17)26-2)23-18(24)12-21)11-16-15-6-4-3-5-13(15)9-10-22-16/h3-10H,11-12,21H2,1-2H3,(H,23,24). The smallest absolute Gasteiger partial charge is 0.238 e. The highest BCUT2D eigenvalue weighted by Crippen LogP contribution is 2.39. The molecule has 6 heteroatoms. The maximum absolute atomic E-state index is 11.9. The molecule has 0 aliphatic heterocycles. The van der Waals surface area contributed by atoms with Gasteiger partial charge in [0.05, 0.1) is 32.1 Å². The van der Waals surface area contributed by atoms with Crippen molar-refractivity contribution in [1.82, 2.24) is 4.98 Å². The largest absolute Gasteiger partial charge is 0.493 e. The lowest BCUT2D eigenvalue weighted by molar-refractivity contribution is -0.114. The van der Waals surface area contributed by atoms with Gasteiger partial charge in [-0.3, -0.25) is 9.78 Å². The van der Waals surface area contributed by atoms with Gasteiger partial charge >= 0.3 is 0 Å². The average Bonchev–Trinajstić information content (AvgIpc) is 2.69. The predicted octanol–water partition coefficient (Wildman–Crippen LogP) is 2.74. The Kier molecular flexibility index (Phi) is 5.34. The fourth-order valence-electron chi connectivity index (χ4n) is 2.95. The summed E-state index contributed by atoms with van der Waals surface area (Å²) in [6.07, 6.45) is 2.32. The molecule has 1 aromatic heterocycles. The van der Waals surface area contributed by atoms with Crippen LogP contribution in [0.25, 0.3) is 10.8 Å². The van der Waals surface area contributed by atoms with Crippen LogP contribution < -0.4 is 20.5 Å². The first-order chi connectivity index (χ1) is 12.7. The van der Waals surface area contributed by atoms with Gasteiger partial charge < -0.3 is 20.5 Å². The molecule has 2 aromatic carbocycles. The number of amides is 1. The van der Waals surface area contributed by atoms with Gasteiger partial charge in [-0.05, 0) is 23.1 Å². The number of nitrogens with zero attached hydrogens (tertiary/aromatic N) is 1. The normalized spacial score (nSPS) is 10.6. The molecule has 3 rings (SSSR count). The molecule has 26 heavy (non-hydrogen) atoms. The van der Waals surface area contributed by atoms with Crippen LogP contribution in [0.1, 0.15) is 11.3 Å². The summed E-state index contributed by atoms with van der Waals surface area (Å²) in [6.45, 7) is -0.119. The number of aromatic nitrogens is 1. The predicted molar refractivity (Wildman–Crippen MR) is 102 cm³/mol. The number of carbonyl (C=O) groups is 1. The molecule has 0 unspecified atom stereocenters. The molecule has 6 nitrogen and oxygen atoms in total. The Bertz CT molecular complexity index is 935. The van der Waals surface area contributed by atoms with Gasteiger partial charge in [0.25, 0.3) is 0 Å². The zero-order valence-corrected chi connectivity index (χ0v) is 14.8. The van der Waals surface area contributed by atoms with Gasteiger partial charge in [0.15, 0.2) is 11.5 Å². The molecule has 0 aliphatic rings. The lowest BCUT2D eigenvalue weighted by Gasteiger charge is -2.18. The van der Waals surface area contributed by atoms with Crippen LogP contribution in [0.5, 0.6) is 11.5 Å². The molecule has 134 valence electrons. The molecule has 0 aliphatic carbocycles. The summed E-state index contributed by atoms with van der Waals surface area (Å²) < 4.78 is 10.8. The maximum Gasteiger partial charge on any atom is 0.238 e. The van der Waals surface area contributed by atoms with E-state index in [0.717, 1.165) is 22.0 Å². The van der Waals surface area contributed by atoms with Crippen LogP contribution in [0.3, 0.4) is 0 Å². The van der Waals surface area contributed by atoms with Gasteiger partial charge in [0, 0.05) is 18.0 Å². The average molecular weight is 351 g/mol. The van der Waals surface area contributed by atoms with E-state index in [4.69, 9.17) is 15.2 Å². The van der Waals surface area contributed by atoms with Crippen LogP contribution in [0.2, 0.25) is 0 Å². The highest BCUT2D eigenvalue weighted by atomic mass is 16.5. The Labute approximate surface area is 151 Å². The Morgan fingerprint density at radius 2 is 1.92 bits per heavy atom. The second-order valence-electron chi connectivity index (χ2n) is 5.74. The Morgan fingerprint density at radius 3 is 2.65 bits per heavy atom. The minimum absolute atomic E-state index is 0.119. The molecule has 0 saturated carbocycles. The van der Waals surface area contributed by atoms with Crippen LogP contribution in [-0.4, -0.2) is 31.7 Å². The van der Waals surface area contributed by atoms with Crippen molar-refractivity contribution in [3.8, 4) is 11.5 Å². The minimum Gasteiger partial charge on any atom is -0.493 e. The number of hydrogen-bond donors (Lipinski definition) is 2. The topological polar surface area (TPSA) is 86.5 Å². The minimum atomic E-state index is -0.302. The number of rotatable bonds is 6. The summed E-state index contributed by atoms with van der Waals surface area (Å²) in [4.78, 5) is 16.4. The number of pyridine rings is 1. The van der Waals surface area contributed by atoms with Gasteiger partial charge in [-0.2, -0.15) is 0 Å². The van der Waals surface area contributed by atoms with Crippen molar-refractivity contribution in [1.29, 1.82) is 0 Å². The summed E-state index contributed by atoms with van der Waals surface area (Å²) in [5, 5.41) is 5.01. The number of nitrogens with two attached hydrogens (primary N) is 1. The third-order valence-corrected chi connectivity index (χ3v) is 4.20. The van der Waals surface area contributed by atoms with E-state index < -0.39 is 0 Å². The number of nitrogens with one attached hydrogen (secondary N) is 1. The van der Waals surface area contributed by atoms with Crippen LogP contribution >= 0.6 is 0 Å². The Hall–Kier alpha value is -3.12. The second-order valence-corrected chi connectivity index (χ2v) is 5.74. The first-order valence-corrected chi connectivity index (χ1v) is 8.24. The molecule has 3 aromatic rings. The van der Waals surface area contributed by atoms with E-state index in [1.807, 2.05) is 42.5 Å². The molecule has 0 bridgehead atoms. The zero-order valence-electron chi connectivity index (χ0n) is 14.8. The first-order valence-electron chi connectivity index (χ1n) is 8.24. The van der Waals surface area contributed by atoms with Crippen LogP contribution in [0.15, 0.2) is 48.7 Å². The molecule has 0 spiro atoms. The number of fused-ring (bicyclic) bond motifs is 1. The Balaban J connectivity index is 2.10. The van der Waals surface area contributed by atoms with Crippen molar-refractivity contribution in [3.63, 3.8) is 0 Å². The first kappa shape index (κ1) is 17.7. The van der Waals surface area contributed by atoms with E-state index in [1.165, 1.54) is 7.11 Å². The fraction of sp³-hybridized carbons (Fsp3) is 0.200. The molecule has 1 amide bonds. The van der Waals surface area contributed by atoms with E-state index in [2.05, 4.69) is 10.3 Å². The summed E-state index contributed by atoms with van der Waals surface area (Å²) in [5.74, 6) is 0.699. The highest BCUT2D eigenvalue weighted by molar-refractivity contribution is 5.95. The van der Waals surface area contributed by atoms with Crippen molar-refractivity contribution in [2.24, 2.45) is 5.73 Å². The number of anilines is 1. The molecule has 0 fully saturated rings. The van der Waals surface area contributed by atoms with E-state index >= 15 is 0 Å². The van der Waals surface area contributed by atoms with E-state index in [0.29, 0.717) is 23.6 Å². The molecule has 3 N–H and O–H groups in total. The summed E-state index contributed by atoms with van der Waals surface area (Å²) >= 11 is 0. The Morgan fingerprint density at radius 1 is 1.12 bits per heavy atom. The second kappa shape index (κ2) is 7.84. The summed E-state index contributed by atoms with van der Waals surface area (Å²) in [5.41, 5.74) is 7.80. The molecule has 0 atom stereocenters. The van der Waals surface area contributed by atoms with Gasteiger partial charge in [0.2, 0.25) is 5.91 Å². The molecule has 0 saturated heterocycles. The lowest BCUT2D eigenvalue weighted by Crippen LogP contribution is -2.23. The van der Waals surface area contributed by atoms with Crippen LogP contribution in [0.4, 0.5) is 5.69 Å². The third-order valence-electron chi connectivity index (χ3n) is 4.20. The van der Waals surface area contributed by atoms with Crippen molar-refractivity contribution >= 4 is 22.4 Å². The summed E-state index contributed by atoms with van der Waals surface area (Å²) in [6, 6.07) is 13.8. The zero-order chi connectivity index (χ0) is 18.5. The molecule has 1 heterocycles. The maximum atomic E-state index is 11.9. The van der Waals surface area contributed by atoms with Gasteiger partial charge in [-0.15, -0.1) is 0 Å². The molecule has 0 radical (unpaired) electrons. The van der Waals surface area contributed by atoms with Crippen LogP contribution in [-0.2, 0) is 11.2 Å². The van der Waals surface area contributed by atoms with E-state index in [-0.39, 0.29) is 12.5 Å².